The first-order valence-corrected chi connectivity index (χ1v) is 3.98. The molecule has 0 amide bonds. The van der Waals surface area contributed by atoms with Gasteiger partial charge in [-0.15, -0.1) is 0 Å². The zero-order valence-corrected chi connectivity index (χ0v) is 7.66. The molecule has 0 rings (SSSR count). The molecule has 0 aliphatic carbocycles. The standard InChI is InChI=1S/C7H12F3N3O/c1-2-6(12-14)3-4-13(11)5-7(8,9)10/h3-4,6H,2,5,11H2,1H3/b4-3-. The van der Waals surface area contributed by atoms with Crippen LogP contribution in [0.4, 0.5) is 13.2 Å². The summed E-state index contributed by atoms with van der Waals surface area (Å²) in [6, 6.07) is -0.630. The van der Waals surface area contributed by atoms with Gasteiger partial charge in [0.25, 0.3) is 0 Å². The van der Waals surface area contributed by atoms with Gasteiger partial charge in [0, 0.05) is 6.20 Å². The molecule has 0 aromatic heterocycles. The molecule has 0 aliphatic heterocycles. The molecule has 14 heavy (non-hydrogen) atoms. The summed E-state index contributed by atoms with van der Waals surface area (Å²) in [4.78, 5) is 10.1. The Morgan fingerprint density at radius 3 is 2.50 bits per heavy atom. The fourth-order valence-electron chi connectivity index (χ4n) is 0.715. The van der Waals surface area contributed by atoms with E-state index in [2.05, 4.69) is 5.18 Å². The Balaban J connectivity index is 4.04. The molecule has 0 aromatic carbocycles. The Labute approximate surface area is 79.5 Å². The predicted octanol–water partition coefficient (Wildman–Crippen LogP) is 1.78. The molecule has 7 heteroatoms. The number of nitrogens with zero attached hydrogens (tertiary/aromatic N) is 2. The van der Waals surface area contributed by atoms with Crippen LogP contribution in [0.1, 0.15) is 13.3 Å². The van der Waals surface area contributed by atoms with Crippen molar-refractivity contribution in [1.82, 2.24) is 5.01 Å². The fraction of sp³-hybridized carbons (Fsp3) is 0.714. The molecule has 0 bridgehead atoms. The lowest BCUT2D eigenvalue weighted by molar-refractivity contribution is -0.140. The Hall–Kier alpha value is -1.11. The summed E-state index contributed by atoms with van der Waals surface area (Å²) in [7, 11) is 0. The summed E-state index contributed by atoms with van der Waals surface area (Å²) in [6.45, 7) is 0.444. The second kappa shape index (κ2) is 5.58. The van der Waals surface area contributed by atoms with Crippen molar-refractivity contribution in [2.24, 2.45) is 11.0 Å². The molecule has 1 atom stereocenters. The SMILES string of the molecule is CCC(/C=C\N(N)CC(F)(F)F)N=O. The molecule has 0 aliphatic rings. The van der Waals surface area contributed by atoms with Gasteiger partial charge < -0.3 is 5.01 Å². The van der Waals surface area contributed by atoms with Crippen molar-refractivity contribution in [3.8, 4) is 0 Å². The van der Waals surface area contributed by atoms with Gasteiger partial charge >= 0.3 is 6.18 Å². The van der Waals surface area contributed by atoms with Crippen molar-refractivity contribution in [2.45, 2.75) is 25.6 Å². The van der Waals surface area contributed by atoms with Crippen molar-refractivity contribution < 1.29 is 13.2 Å². The molecule has 82 valence electrons. The van der Waals surface area contributed by atoms with Gasteiger partial charge in [-0.05, 0) is 12.5 Å². The van der Waals surface area contributed by atoms with Crippen LogP contribution in [0.5, 0.6) is 0 Å². The van der Waals surface area contributed by atoms with Crippen LogP contribution in [0.15, 0.2) is 17.5 Å². The summed E-state index contributed by atoms with van der Waals surface area (Å²) in [5.41, 5.74) is 0. The first kappa shape index (κ1) is 12.9. The number of halogens is 3. The molecule has 0 fully saturated rings. The van der Waals surface area contributed by atoms with Gasteiger partial charge in [-0.1, -0.05) is 12.1 Å². The average Bonchev–Trinajstić information content (AvgIpc) is 2.03. The molecular formula is C7H12F3N3O. The van der Waals surface area contributed by atoms with Gasteiger partial charge in [-0.25, -0.2) is 5.84 Å². The first-order chi connectivity index (χ1) is 6.39. The van der Waals surface area contributed by atoms with Gasteiger partial charge in [-0.3, -0.25) is 0 Å². The third-order valence-electron chi connectivity index (χ3n) is 1.42. The molecule has 0 spiro atoms. The van der Waals surface area contributed by atoms with E-state index < -0.39 is 18.8 Å². The van der Waals surface area contributed by atoms with E-state index in [0.29, 0.717) is 11.4 Å². The lowest BCUT2D eigenvalue weighted by Gasteiger charge is -2.15. The maximum absolute atomic E-state index is 11.8. The Morgan fingerprint density at radius 1 is 1.57 bits per heavy atom. The number of hydrogen-bond donors (Lipinski definition) is 1. The highest BCUT2D eigenvalue weighted by Gasteiger charge is 2.28. The number of alkyl halides is 3. The van der Waals surface area contributed by atoms with Gasteiger partial charge in [0.1, 0.15) is 12.6 Å². The topological polar surface area (TPSA) is 58.7 Å². The molecule has 2 N–H and O–H groups in total. The zero-order valence-electron chi connectivity index (χ0n) is 7.66. The largest absolute Gasteiger partial charge is 0.407 e. The normalized spacial score (nSPS) is 14.4. The van der Waals surface area contributed by atoms with E-state index in [9.17, 15) is 18.1 Å². The maximum Gasteiger partial charge on any atom is 0.407 e. The van der Waals surface area contributed by atoms with Gasteiger partial charge in [0.15, 0.2) is 0 Å². The third-order valence-corrected chi connectivity index (χ3v) is 1.42. The summed E-state index contributed by atoms with van der Waals surface area (Å²) in [5.74, 6) is 5.00. The molecule has 0 radical (unpaired) electrons. The minimum Gasteiger partial charge on any atom is -0.309 e. The predicted molar refractivity (Wildman–Crippen MR) is 46.0 cm³/mol. The average molecular weight is 211 g/mol. The Bertz CT molecular complexity index is 205. The smallest absolute Gasteiger partial charge is 0.309 e. The van der Waals surface area contributed by atoms with E-state index in [-0.39, 0.29) is 0 Å². The van der Waals surface area contributed by atoms with Crippen LogP contribution in [0.3, 0.4) is 0 Å². The van der Waals surface area contributed by atoms with E-state index in [1.165, 1.54) is 6.08 Å². The second-order valence-electron chi connectivity index (χ2n) is 2.71. The molecule has 0 saturated carbocycles. The van der Waals surface area contributed by atoms with Crippen LogP contribution < -0.4 is 5.84 Å². The zero-order chi connectivity index (χ0) is 11.2. The lowest BCUT2D eigenvalue weighted by atomic mass is 10.2. The van der Waals surface area contributed by atoms with Crippen molar-refractivity contribution in [2.75, 3.05) is 6.54 Å². The summed E-state index contributed by atoms with van der Waals surface area (Å²) < 4.78 is 35.3. The fourth-order valence-corrected chi connectivity index (χ4v) is 0.715. The highest BCUT2D eigenvalue weighted by atomic mass is 19.4. The minimum atomic E-state index is -4.35. The van der Waals surface area contributed by atoms with Crippen LogP contribution >= 0.6 is 0 Å². The number of rotatable bonds is 5. The van der Waals surface area contributed by atoms with Crippen LogP contribution in [-0.2, 0) is 0 Å². The Kier molecular flexibility index (Phi) is 5.14. The van der Waals surface area contributed by atoms with E-state index in [1.54, 1.807) is 6.92 Å². The quantitative estimate of drug-likeness (QED) is 0.428. The number of nitrogens with two attached hydrogens (primary N) is 1. The van der Waals surface area contributed by atoms with Gasteiger partial charge in [-0.2, -0.15) is 18.1 Å². The molecule has 0 saturated heterocycles. The number of hydrogen-bond acceptors (Lipinski definition) is 4. The summed E-state index contributed by atoms with van der Waals surface area (Å²) >= 11 is 0. The third kappa shape index (κ3) is 6.41. The van der Waals surface area contributed by atoms with Crippen LogP contribution in [0.25, 0.3) is 0 Å². The molecule has 1 unspecified atom stereocenters. The van der Waals surface area contributed by atoms with Crippen LogP contribution in [0, 0.1) is 4.91 Å². The molecule has 0 heterocycles. The maximum atomic E-state index is 11.8. The monoisotopic (exact) mass is 211 g/mol. The van der Waals surface area contributed by atoms with Crippen molar-refractivity contribution in [1.29, 1.82) is 0 Å². The van der Waals surface area contributed by atoms with Crippen LogP contribution in [0.2, 0.25) is 0 Å². The lowest BCUT2D eigenvalue weighted by Crippen LogP contribution is -2.35. The second-order valence-corrected chi connectivity index (χ2v) is 2.71. The number of nitroso groups, excluding NO2 is 1. The van der Waals surface area contributed by atoms with E-state index in [0.717, 1.165) is 6.20 Å². The molecule has 4 nitrogen and oxygen atoms in total. The molecular weight excluding hydrogens is 199 g/mol. The van der Waals surface area contributed by atoms with E-state index in [1.807, 2.05) is 0 Å². The highest BCUT2D eigenvalue weighted by Crippen LogP contribution is 2.14. The Morgan fingerprint density at radius 2 is 2.14 bits per heavy atom. The summed E-state index contributed by atoms with van der Waals surface area (Å²) in [5, 5.41) is 3.14. The first-order valence-electron chi connectivity index (χ1n) is 3.98. The highest BCUT2D eigenvalue weighted by molar-refractivity contribution is 4.91. The van der Waals surface area contributed by atoms with Gasteiger partial charge in [0.05, 0.1) is 0 Å². The number of hydrazine groups is 1. The molecule has 0 aromatic rings. The van der Waals surface area contributed by atoms with Crippen molar-refractivity contribution in [3.05, 3.63) is 17.2 Å². The van der Waals surface area contributed by atoms with Gasteiger partial charge in [0.2, 0.25) is 0 Å². The minimum absolute atomic E-state index is 0.430. The van der Waals surface area contributed by atoms with E-state index in [4.69, 9.17) is 5.84 Å². The van der Waals surface area contributed by atoms with Crippen molar-refractivity contribution >= 4 is 0 Å². The van der Waals surface area contributed by atoms with Crippen molar-refractivity contribution in [3.63, 3.8) is 0 Å². The van der Waals surface area contributed by atoms with E-state index >= 15 is 0 Å². The summed E-state index contributed by atoms with van der Waals surface area (Å²) in [6.07, 6.45) is -1.68. The van der Waals surface area contributed by atoms with Crippen LogP contribution in [-0.4, -0.2) is 23.8 Å².